The average molecular weight is 453 g/mol. The number of hydrogen-bond donors (Lipinski definition) is 0. The standard InChI is InChI=1S/C19H22F2N2O2.C6H4N2/c1-24-18-11-12-22-13-17(18)23(14-5-3-2-4-6-14)15-7-9-16(10-8-15)25-19(20)21;7-5-6-3-1-2-4-8-6/h7-14,19H,2-6H2,1H3;1-4H. The van der Waals surface area contributed by atoms with E-state index >= 15 is 0 Å². The second-order valence-electron chi connectivity index (χ2n) is 7.41. The van der Waals surface area contributed by atoms with Crippen LogP contribution in [-0.4, -0.2) is 29.7 Å². The van der Waals surface area contributed by atoms with Gasteiger partial charge < -0.3 is 14.4 Å². The lowest BCUT2D eigenvalue weighted by Crippen LogP contribution is -2.33. The van der Waals surface area contributed by atoms with Gasteiger partial charge in [0.2, 0.25) is 0 Å². The highest BCUT2D eigenvalue weighted by Crippen LogP contribution is 2.39. The number of aromatic nitrogens is 2. The Hall–Kier alpha value is -3.73. The third-order valence-corrected chi connectivity index (χ3v) is 5.30. The molecule has 0 unspecified atom stereocenters. The summed E-state index contributed by atoms with van der Waals surface area (Å²) in [5.74, 6) is 0.897. The van der Waals surface area contributed by atoms with E-state index in [9.17, 15) is 8.78 Å². The first kappa shape index (κ1) is 23.9. The molecule has 0 radical (unpaired) electrons. The van der Waals surface area contributed by atoms with Crippen LogP contribution in [0.2, 0.25) is 0 Å². The number of nitrogens with zero attached hydrogens (tertiary/aromatic N) is 4. The minimum atomic E-state index is -2.82. The SMILES string of the molecule is COc1ccncc1N(c1ccc(OC(F)F)cc1)C1CCCCC1.N#Cc1ccccn1. The van der Waals surface area contributed by atoms with Crippen LogP contribution in [0.1, 0.15) is 37.8 Å². The van der Waals surface area contributed by atoms with Crippen LogP contribution < -0.4 is 14.4 Å². The molecule has 1 aromatic carbocycles. The number of methoxy groups -OCH3 is 1. The Morgan fingerprint density at radius 1 is 1.03 bits per heavy atom. The van der Waals surface area contributed by atoms with Crippen LogP contribution in [0, 0.1) is 11.3 Å². The zero-order valence-corrected chi connectivity index (χ0v) is 18.4. The van der Waals surface area contributed by atoms with Gasteiger partial charge in [-0.05, 0) is 49.2 Å². The average Bonchev–Trinajstić information content (AvgIpc) is 2.87. The van der Waals surface area contributed by atoms with E-state index in [1.54, 1.807) is 68.2 Å². The first-order valence-electron chi connectivity index (χ1n) is 10.8. The van der Waals surface area contributed by atoms with Crippen molar-refractivity contribution in [3.8, 4) is 17.6 Å². The van der Waals surface area contributed by atoms with E-state index in [0.29, 0.717) is 11.7 Å². The maximum atomic E-state index is 12.4. The van der Waals surface area contributed by atoms with Crippen LogP contribution in [0.5, 0.6) is 11.5 Å². The summed E-state index contributed by atoms with van der Waals surface area (Å²) in [6, 6.07) is 16.1. The Kier molecular flexibility index (Phi) is 8.95. The van der Waals surface area contributed by atoms with E-state index in [-0.39, 0.29) is 5.75 Å². The van der Waals surface area contributed by atoms with Crippen molar-refractivity contribution in [3.63, 3.8) is 0 Å². The molecule has 33 heavy (non-hydrogen) atoms. The number of anilines is 2. The summed E-state index contributed by atoms with van der Waals surface area (Å²) in [5, 5.41) is 8.23. The molecule has 4 rings (SSSR count). The quantitative estimate of drug-likeness (QED) is 0.449. The smallest absolute Gasteiger partial charge is 0.387 e. The van der Waals surface area contributed by atoms with Crippen molar-refractivity contribution in [2.24, 2.45) is 0 Å². The second-order valence-corrected chi connectivity index (χ2v) is 7.41. The van der Waals surface area contributed by atoms with E-state index in [1.807, 2.05) is 12.1 Å². The monoisotopic (exact) mass is 452 g/mol. The molecule has 8 heteroatoms. The van der Waals surface area contributed by atoms with Gasteiger partial charge in [0.15, 0.2) is 0 Å². The topological polar surface area (TPSA) is 71.3 Å². The summed E-state index contributed by atoms with van der Waals surface area (Å²) in [7, 11) is 1.64. The lowest BCUT2D eigenvalue weighted by atomic mass is 9.93. The highest BCUT2D eigenvalue weighted by molar-refractivity contribution is 5.69. The first-order valence-corrected chi connectivity index (χ1v) is 10.8. The van der Waals surface area contributed by atoms with Gasteiger partial charge in [-0.2, -0.15) is 14.0 Å². The molecule has 3 aromatic rings. The molecule has 172 valence electrons. The lowest BCUT2D eigenvalue weighted by molar-refractivity contribution is -0.0498. The Labute approximate surface area is 192 Å². The fraction of sp³-hybridized carbons (Fsp3) is 0.320. The zero-order valence-electron chi connectivity index (χ0n) is 18.4. The Bertz CT molecular complexity index is 1020. The minimum absolute atomic E-state index is 0.153. The molecule has 6 nitrogen and oxygen atoms in total. The molecular formula is C25H26F2N4O2. The van der Waals surface area contributed by atoms with Crippen molar-refractivity contribution in [1.82, 2.24) is 9.97 Å². The van der Waals surface area contributed by atoms with Gasteiger partial charge in [-0.15, -0.1) is 0 Å². The van der Waals surface area contributed by atoms with Gasteiger partial charge in [-0.25, -0.2) is 4.98 Å². The second kappa shape index (κ2) is 12.3. The summed E-state index contributed by atoms with van der Waals surface area (Å²) in [6.45, 7) is -2.82. The third-order valence-electron chi connectivity index (χ3n) is 5.30. The van der Waals surface area contributed by atoms with Gasteiger partial charge in [-0.1, -0.05) is 25.3 Å². The summed E-state index contributed by atoms with van der Waals surface area (Å²) in [6.07, 6.45) is 10.8. The van der Waals surface area contributed by atoms with Crippen molar-refractivity contribution in [2.45, 2.75) is 44.8 Å². The fourth-order valence-electron chi connectivity index (χ4n) is 3.83. The highest BCUT2D eigenvalue weighted by atomic mass is 19.3. The van der Waals surface area contributed by atoms with Crippen molar-refractivity contribution >= 4 is 11.4 Å². The molecule has 1 aliphatic rings. The zero-order chi connectivity index (χ0) is 23.5. The van der Waals surface area contributed by atoms with E-state index in [1.165, 1.54) is 19.3 Å². The summed E-state index contributed by atoms with van der Waals surface area (Å²) in [4.78, 5) is 10.2. The van der Waals surface area contributed by atoms with Crippen LogP contribution >= 0.6 is 0 Å². The number of nitriles is 1. The van der Waals surface area contributed by atoms with E-state index in [2.05, 4.69) is 19.6 Å². The number of rotatable bonds is 6. The van der Waals surface area contributed by atoms with Crippen LogP contribution in [0.3, 0.4) is 0 Å². The number of hydrogen-bond acceptors (Lipinski definition) is 6. The molecule has 1 fully saturated rings. The van der Waals surface area contributed by atoms with E-state index in [4.69, 9.17) is 10.00 Å². The molecule has 1 saturated carbocycles. The third kappa shape index (κ3) is 6.88. The molecule has 0 N–H and O–H groups in total. The number of ether oxygens (including phenoxy) is 2. The van der Waals surface area contributed by atoms with E-state index in [0.717, 1.165) is 30.0 Å². The van der Waals surface area contributed by atoms with Gasteiger partial charge in [0.05, 0.1) is 13.3 Å². The van der Waals surface area contributed by atoms with Crippen LogP contribution in [0.25, 0.3) is 0 Å². The first-order chi connectivity index (χ1) is 16.1. The van der Waals surface area contributed by atoms with Gasteiger partial charge in [-0.3, -0.25) is 4.98 Å². The predicted octanol–water partition coefficient (Wildman–Crippen LogP) is 6.12. The van der Waals surface area contributed by atoms with Gasteiger partial charge >= 0.3 is 6.61 Å². The molecule has 2 heterocycles. The Morgan fingerprint density at radius 2 is 1.79 bits per heavy atom. The van der Waals surface area contributed by atoms with E-state index < -0.39 is 6.61 Å². The molecule has 0 spiro atoms. The number of halogens is 2. The largest absolute Gasteiger partial charge is 0.494 e. The summed E-state index contributed by atoms with van der Waals surface area (Å²) in [5.41, 5.74) is 2.27. The summed E-state index contributed by atoms with van der Waals surface area (Å²) >= 11 is 0. The number of pyridine rings is 2. The van der Waals surface area contributed by atoms with Crippen LogP contribution in [-0.2, 0) is 0 Å². The van der Waals surface area contributed by atoms with Crippen LogP contribution in [0.4, 0.5) is 20.2 Å². The molecular weight excluding hydrogens is 426 g/mol. The molecule has 0 aliphatic heterocycles. The highest BCUT2D eigenvalue weighted by Gasteiger charge is 2.25. The number of benzene rings is 1. The van der Waals surface area contributed by atoms with Crippen molar-refractivity contribution in [1.29, 1.82) is 5.26 Å². The van der Waals surface area contributed by atoms with Crippen LogP contribution in [0.15, 0.2) is 67.1 Å². The van der Waals surface area contributed by atoms with Crippen molar-refractivity contribution < 1.29 is 18.3 Å². The van der Waals surface area contributed by atoms with Crippen molar-refractivity contribution in [3.05, 3.63) is 72.8 Å². The normalized spacial score (nSPS) is 13.4. The van der Waals surface area contributed by atoms with Crippen molar-refractivity contribution in [2.75, 3.05) is 12.0 Å². The predicted molar refractivity (Wildman–Crippen MR) is 122 cm³/mol. The maximum absolute atomic E-state index is 12.4. The Morgan fingerprint density at radius 3 is 2.36 bits per heavy atom. The molecule has 0 amide bonds. The summed E-state index contributed by atoms with van der Waals surface area (Å²) < 4.78 is 34.7. The maximum Gasteiger partial charge on any atom is 0.387 e. The molecule has 2 aromatic heterocycles. The fourth-order valence-corrected chi connectivity index (χ4v) is 3.83. The molecule has 1 aliphatic carbocycles. The number of alkyl halides is 2. The minimum Gasteiger partial charge on any atom is -0.494 e. The lowest BCUT2D eigenvalue weighted by Gasteiger charge is -2.36. The Balaban J connectivity index is 0.000000323. The van der Waals surface area contributed by atoms with Gasteiger partial charge in [0.25, 0.3) is 0 Å². The van der Waals surface area contributed by atoms with Gasteiger partial charge in [0, 0.05) is 30.2 Å². The molecule has 0 atom stereocenters. The molecule has 0 bridgehead atoms. The van der Waals surface area contributed by atoms with Gasteiger partial charge in [0.1, 0.15) is 28.9 Å². The molecule has 0 saturated heterocycles.